The second-order valence-electron chi connectivity index (χ2n) is 6.25. The Bertz CT molecular complexity index is 909. The molecule has 1 aliphatic heterocycles. The number of H-pyrrole nitrogens is 1. The SMILES string of the molecule is Cc1cccc(N2CCN(Cc3nc4ccsc4c(=O)[nH]3)CC2)c1. The first kappa shape index (κ1) is 15.4. The van der Waals surface area contributed by atoms with Gasteiger partial charge in [0.25, 0.3) is 5.56 Å². The summed E-state index contributed by atoms with van der Waals surface area (Å²) in [4.78, 5) is 24.3. The van der Waals surface area contributed by atoms with E-state index in [-0.39, 0.29) is 5.56 Å². The molecular formula is C18H20N4OS. The van der Waals surface area contributed by atoms with Gasteiger partial charge in [-0.3, -0.25) is 9.69 Å². The fourth-order valence-corrected chi connectivity index (χ4v) is 3.92. The monoisotopic (exact) mass is 340 g/mol. The van der Waals surface area contributed by atoms with Gasteiger partial charge in [-0.2, -0.15) is 0 Å². The normalized spacial score (nSPS) is 16.0. The highest BCUT2D eigenvalue weighted by Crippen LogP contribution is 2.19. The van der Waals surface area contributed by atoms with Crippen LogP contribution in [0.5, 0.6) is 0 Å². The number of thiophene rings is 1. The van der Waals surface area contributed by atoms with Crippen LogP contribution in [0.2, 0.25) is 0 Å². The molecule has 0 saturated carbocycles. The number of benzene rings is 1. The summed E-state index contributed by atoms with van der Waals surface area (Å²) >= 11 is 1.44. The minimum atomic E-state index is -0.0246. The van der Waals surface area contributed by atoms with Crippen molar-refractivity contribution in [1.29, 1.82) is 0 Å². The van der Waals surface area contributed by atoms with Gasteiger partial charge in [-0.25, -0.2) is 4.98 Å². The third-order valence-corrected chi connectivity index (χ3v) is 5.38. The smallest absolute Gasteiger partial charge is 0.268 e. The summed E-state index contributed by atoms with van der Waals surface area (Å²) in [6, 6.07) is 10.6. The van der Waals surface area contributed by atoms with Crippen LogP contribution >= 0.6 is 11.3 Å². The summed E-state index contributed by atoms with van der Waals surface area (Å²) in [7, 11) is 0. The predicted octanol–water partition coefficient (Wildman–Crippen LogP) is 2.62. The minimum absolute atomic E-state index is 0.0246. The summed E-state index contributed by atoms with van der Waals surface area (Å²) in [6.07, 6.45) is 0. The molecule has 2 aromatic heterocycles. The van der Waals surface area contributed by atoms with Gasteiger partial charge in [-0.15, -0.1) is 11.3 Å². The minimum Gasteiger partial charge on any atom is -0.369 e. The van der Waals surface area contributed by atoms with Crippen molar-refractivity contribution in [2.75, 3.05) is 31.1 Å². The molecule has 3 heterocycles. The molecule has 0 atom stereocenters. The maximum atomic E-state index is 12.1. The lowest BCUT2D eigenvalue weighted by atomic mass is 10.2. The second kappa shape index (κ2) is 6.37. The van der Waals surface area contributed by atoms with Crippen molar-refractivity contribution >= 4 is 27.2 Å². The van der Waals surface area contributed by atoms with E-state index in [0.29, 0.717) is 11.2 Å². The van der Waals surface area contributed by atoms with Crippen LogP contribution in [0.25, 0.3) is 10.2 Å². The number of anilines is 1. The average molecular weight is 340 g/mol. The summed E-state index contributed by atoms with van der Waals surface area (Å²) in [5, 5.41) is 1.91. The van der Waals surface area contributed by atoms with E-state index in [1.165, 1.54) is 22.6 Å². The van der Waals surface area contributed by atoms with Gasteiger partial charge in [-0.05, 0) is 36.1 Å². The van der Waals surface area contributed by atoms with Gasteiger partial charge in [0, 0.05) is 31.9 Å². The summed E-state index contributed by atoms with van der Waals surface area (Å²) in [5.74, 6) is 0.759. The number of aromatic nitrogens is 2. The van der Waals surface area contributed by atoms with Crippen LogP contribution in [0, 0.1) is 6.92 Å². The molecule has 0 bridgehead atoms. The number of nitrogens with zero attached hydrogens (tertiary/aromatic N) is 3. The highest BCUT2D eigenvalue weighted by Gasteiger charge is 2.18. The van der Waals surface area contributed by atoms with Crippen molar-refractivity contribution in [3.8, 4) is 0 Å². The first-order chi connectivity index (χ1) is 11.7. The maximum absolute atomic E-state index is 12.1. The van der Waals surface area contributed by atoms with Crippen LogP contribution in [0.1, 0.15) is 11.4 Å². The fourth-order valence-electron chi connectivity index (χ4n) is 3.20. The molecule has 0 radical (unpaired) electrons. The van der Waals surface area contributed by atoms with Gasteiger partial charge in [-0.1, -0.05) is 12.1 Å². The van der Waals surface area contributed by atoms with E-state index in [1.807, 2.05) is 11.4 Å². The molecule has 1 fully saturated rings. The number of aryl methyl sites for hydroxylation is 1. The molecule has 0 unspecified atom stereocenters. The average Bonchev–Trinajstić information content (AvgIpc) is 3.05. The van der Waals surface area contributed by atoms with Crippen molar-refractivity contribution in [2.45, 2.75) is 13.5 Å². The Balaban J connectivity index is 1.43. The molecule has 0 amide bonds. The van der Waals surface area contributed by atoms with Gasteiger partial charge in [0.2, 0.25) is 0 Å². The largest absolute Gasteiger partial charge is 0.369 e. The zero-order valence-electron chi connectivity index (χ0n) is 13.7. The van der Waals surface area contributed by atoms with Gasteiger partial charge in [0.1, 0.15) is 10.5 Å². The molecule has 5 nitrogen and oxygen atoms in total. The molecule has 1 aromatic carbocycles. The molecule has 1 aliphatic rings. The number of rotatable bonds is 3. The van der Waals surface area contributed by atoms with E-state index in [1.54, 1.807) is 0 Å². The van der Waals surface area contributed by atoms with E-state index in [2.05, 4.69) is 51.0 Å². The van der Waals surface area contributed by atoms with Crippen LogP contribution in [0.3, 0.4) is 0 Å². The maximum Gasteiger partial charge on any atom is 0.268 e. The number of aromatic amines is 1. The second-order valence-corrected chi connectivity index (χ2v) is 7.17. The Kier molecular flexibility index (Phi) is 4.08. The van der Waals surface area contributed by atoms with Crippen molar-refractivity contribution in [3.63, 3.8) is 0 Å². The highest BCUT2D eigenvalue weighted by molar-refractivity contribution is 7.17. The van der Waals surface area contributed by atoms with E-state index in [9.17, 15) is 4.79 Å². The van der Waals surface area contributed by atoms with Crippen LogP contribution in [0.4, 0.5) is 5.69 Å². The molecule has 1 N–H and O–H groups in total. The van der Waals surface area contributed by atoms with Crippen molar-refractivity contribution in [3.05, 3.63) is 57.5 Å². The zero-order chi connectivity index (χ0) is 16.5. The van der Waals surface area contributed by atoms with Crippen LogP contribution < -0.4 is 10.5 Å². The Morgan fingerprint density at radius 3 is 2.83 bits per heavy atom. The number of fused-ring (bicyclic) bond motifs is 1. The molecule has 6 heteroatoms. The Morgan fingerprint density at radius 1 is 1.21 bits per heavy atom. The molecule has 0 aliphatic carbocycles. The zero-order valence-corrected chi connectivity index (χ0v) is 14.5. The van der Waals surface area contributed by atoms with E-state index >= 15 is 0 Å². The van der Waals surface area contributed by atoms with Crippen molar-refractivity contribution < 1.29 is 0 Å². The summed E-state index contributed by atoms with van der Waals surface area (Å²) < 4.78 is 0.711. The predicted molar refractivity (Wildman–Crippen MR) is 98.9 cm³/mol. The highest BCUT2D eigenvalue weighted by atomic mass is 32.1. The van der Waals surface area contributed by atoms with Gasteiger partial charge in [0.05, 0.1) is 12.1 Å². The number of hydrogen-bond acceptors (Lipinski definition) is 5. The van der Waals surface area contributed by atoms with Crippen molar-refractivity contribution in [1.82, 2.24) is 14.9 Å². The van der Waals surface area contributed by atoms with E-state index < -0.39 is 0 Å². The first-order valence-corrected chi connectivity index (χ1v) is 9.07. The third kappa shape index (κ3) is 3.07. The molecule has 24 heavy (non-hydrogen) atoms. The lowest BCUT2D eigenvalue weighted by Crippen LogP contribution is -2.46. The standard InChI is InChI=1S/C18H20N4OS/c1-13-3-2-4-14(11-13)22-8-6-21(7-9-22)12-16-19-15-5-10-24-17(15)18(23)20-16/h2-5,10-11H,6-9,12H2,1H3,(H,19,20,23). The fraction of sp³-hybridized carbons (Fsp3) is 0.333. The van der Waals surface area contributed by atoms with Crippen LogP contribution in [-0.4, -0.2) is 41.0 Å². The molecule has 124 valence electrons. The first-order valence-electron chi connectivity index (χ1n) is 8.19. The quantitative estimate of drug-likeness (QED) is 0.796. The lowest BCUT2D eigenvalue weighted by Gasteiger charge is -2.36. The Labute approximate surface area is 144 Å². The lowest BCUT2D eigenvalue weighted by molar-refractivity contribution is 0.244. The third-order valence-electron chi connectivity index (χ3n) is 4.48. The molecule has 4 rings (SSSR count). The van der Waals surface area contributed by atoms with Gasteiger partial charge in [0.15, 0.2) is 0 Å². The molecule has 0 spiro atoms. The van der Waals surface area contributed by atoms with Crippen LogP contribution in [0.15, 0.2) is 40.5 Å². The van der Waals surface area contributed by atoms with Crippen molar-refractivity contribution in [2.24, 2.45) is 0 Å². The topological polar surface area (TPSA) is 52.2 Å². The Morgan fingerprint density at radius 2 is 2.04 bits per heavy atom. The number of piperazine rings is 1. The van der Waals surface area contributed by atoms with Gasteiger partial charge >= 0.3 is 0 Å². The van der Waals surface area contributed by atoms with E-state index in [0.717, 1.165) is 37.5 Å². The Hall–Kier alpha value is -2.18. The molecular weight excluding hydrogens is 320 g/mol. The van der Waals surface area contributed by atoms with Gasteiger partial charge < -0.3 is 9.88 Å². The number of nitrogens with one attached hydrogen (secondary N) is 1. The molecule has 3 aromatic rings. The summed E-state index contributed by atoms with van der Waals surface area (Å²) in [6.45, 7) is 6.76. The van der Waals surface area contributed by atoms with E-state index in [4.69, 9.17) is 0 Å². The number of hydrogen-bond donors (Lipinski definition) is 1. The molecule has 1 saturated heterocycles. The van der Waals surface area contributed by atoms with Crippen LogP contribution in [-0.2, 0) is 6.54 Å². The summed E-state index contributed by atoms with van der Waals surface area (Å²) in [5.41, 5.74) is 3.36.